The number of halogens is 6. The van der Waals surface area contributed by atoms with E-state index in [4.69, 9.17) is 13.9 Å². The number of hydrogen-bond donors (Lipinski definition) is 0. The molecular weight excluding hydrogens is 582 g/mol. The lowest BCUT2D eigenvalue weighted by molar-refractivity contribution is -0.274. The molecule has 1 unspecified atom stereocenters. The number of esters is 1. The number of rotatable bonds is 11. The first-order valence-electron chi connectivity index (χ1n) is 13.7. The highest BCUT2D eigenvalue weighted by molar-refractivity contribution is 5.84. The summed E-state index contributed by atoms with van der Waals surface area (Å²) in [7, 11) is 0. The van der Waals surface area contributed by atoms with Gasteiger partial charge in [-0.2, -0.15) is 13.2 Å². The van der Waals surface area contributed by atoms with E-state index >= 15 is 0 Å². The van der Waals surface area contributed by atoms with Crippen molar-refractivity contribution in [3.63, 3.8) is 0 Å². The van der Waals surface area contributed by atoms with Crippen molar-refractivity contribution in [1.82, 2.24) is 0 Å². The molecular formula is C31H34F6O6. The van der Waals surface area contributed by atoms with Gasteiger partial charge in [0.2, 0.25) is 0 Å². The molecule has 0 amide bonds. The van der Waals surface area contributed by atoms with Crippen LogP contribution in [0.4, 0.5) is 26.3 Å². The average Bonchev–Trinajstić information content (AvgIpc) is 2.88. The van der Waals surface area contributed by atoms with Crippen molar-refractivity contribution < 1.29 is 49.8 Å². The molecule has 0 spiro atoms. The van der Waals surface area contributed by atoms with Gasteiger partial charge in [0, 0.05) is 17.0 Å². The summed E-state index contributed by atoms with van der Waals surface area (Å²) in [6.45, 7) is 5.51. The van der Waals surface area contributed by atoms with Crippen molar-refractivity contribution in [2.75, 3.05) is 13.2 Å². The Labute approximate surface area is 244 Å². The number of alkyl halides is 6. The predicted molar refractivity (Wildman–Crippen MR) is 148 cm³/mol. The first-order chi connectivity index (χ1) is 19.8. The molecule has 0 aliphatic carbocycles. The van der Waals surface area contributed by atoms with Crippen LogP contribution in [0.3, 0.4) is 0 Å². The van der Waals surface area contributed by atoms with Crippen molar-refractivity contribution in [2.45, 2.75) is 72.8 Å². The van der Waals surface area contributed by atoms with Crippen molar-refractivity contribution in [2.24, 2.45) is 10.8 Å². The van der Waals surface area contributed by atoms with Crippen LogP contribution in [0.2, 0.25) is 0 Å². The Bertz CT molecular complexity index is 1490. The summed E-state index contributed by atoms with van der Waals surface area (Å²) < 4.78 is 101. The molecule has 6 nitrogen and oxygen atoms in total. The van der Waals surface area contributed by atoms with E-state index in [-0.39, 0.29) is 27.8 Å². The van der Waals surface area contributed by atoms with Crippen LogP contribution in [0.1, 0.15) is 59.4 Å². The fourth-order valence-electron chi connectivity index (χ4n) is 3.99. The zero-order valence-corrected chi connectivity index (χ0v) is 24.5. The molecule has 0 radical (unpaired) electrons. The molecule has 0 fully saturated rings. The normalized spacial score (nSPS) is 13.9. The minimum absolute atomic E-state index is 0.0615. The summed E-state index contributed by atoms with van der Waals surface area (Å²) in [4.78, 5) is 24.9. The van der Waals surface area contributed by atoms with Gasteiger partial charge in [0.05, 0.1) is 11.0 Å². The SMILES string of the molecule is CCCCCc1ccc(-c2cc3ccc(OCC(C)(COC(=O)C(C)(C)C)C(F)(F)F)cc3oc2=O)c(OC(F)(F)F)c1. The summed E-state index contributed by atoms with van der Waals surface area (Å²) in [6.07, 6.45) is -6.65. The number of benzene rings is 2. The van der Waals surface area contributed by atoms with Crippen molar-refractivity contribution in [3.8, 4) is 22.6 Å². The molecule has 1 aromatic heterocycles. The highest BCUT2D eigenvalue weighted by Crippen LogP contribution is 2.40. The Hall–Kier alpha value is -3.70. The second-order valence-corrected chi connectivity index (χ2v) is 11.7. The van der Waals surface area contributed by atoms with Crippen molar-refractivity contribution in [1.29, 1.82) is 0 Å². The topological polar surface area (TPSA) is 75.0 Å². The molecule has 0 N–H and O–H groups in total. The Morgan fingerprint density at radius 1 is 0.860 bits per heavy atom. The maximum Gasteiger partial charge on any atom is 0.573 e. The maximum absolute atomic E-state index is 13.9. The highest BCUT2D eigenvalue weighted by atomic mass is 19.4. The fourth-order valence-corrected chi connectivity index (χ4v) is 3.99. The number of fused-ring (bicyclic) bond motifs is 1. The van der Waals surface area contributed by atoms with Crippen LogP contribution in [0.15, 0.2) is 51.7 Å². The summed E-state index contributed by atoms with van der Waals surface area (Å²) >= 11 is 0. The highest BCUT2D eigenvalue weighted by Gasteiger charge is 2.53. The molecule has 2 aromatic carbocycles. The first-order valence-corrected chi connectivity index (χ1v) is 13.7. The molecule has 12 heteroatoms. The van der Waals surface area contributed by atoms with E-state index in [1.807, 2.05) is 6.92 Å². The fraction of sp³-hybridized carbons (Fsp3) is 0.484. The van der Waals surface area contributed by atoms with Gasteiger partial charge in [-0.3, -0.25) is 4.79 Å². The minimum Gasteiger partial charge on any atom is -0.492 e. The number of carbonyl (C=O) groups is 1. The monoisotopic (exact) mass is 616 g/mol. The third-order valence-electron chi connectivity index (χ3n) is 6.71. The second kappa shape index (κ2) is 12.9. The van der Waals surface area contributed by atoms with Gasteiger partial charge in [-0.25, -0.2) is 4.79 Å². The van der Waals surface area contributed by atoms with E-state index in [2.05, 4.69) is 4.74 Å². The lowest BCUT2D eigenvalue weighted by Gasteiger charge is -2.32. The molecule has 0 saturated carbocycles. The molecule has 3 aromatic rings. The summed E-state index contributed by atoms with van der Waals surface area (Å²) in [5.74, 6) is -1.42. The summed E-state index contributed by atoms with van der Waals surface area (Å²) in [6, 6.07) is 9.46. The van der Waals surface area contributed by atoms with E-state index in [1.165, 1.54) is 57.2 Å². The average molecular weight is 617 g/mol. The van der Waals surface area contributed by atoms with Gasteiger partial charge in [0.1, 0.15) is 35.7 Å². The third kappa shape index (κ3) is 8.90. The first kappa shape index (κ1) is 33.8. The van der Waals surface area contributed by atoms with Crippen molar-refractivity contribution >= 4 is 16.9 Å². The predicted octanol–water partition coefficient (Wildman–Crippen LogP) is 8.63. The lowest BCUT2D eigenvalue weighted by Crippen LogP contribution is -2.45. The number of ether oxygens (including phenoxy) is 3. The quantitative estimate of drug-likeness (QED) is 0.0930. The lowest BCUT2D eigenvalue weighted by atomic mass is 9.91. The second-order valence-electron chi connectivity index (χ2n) is 11.7. The van der Waals surface area contributed by atoms with Crippen LogP contribution < -0.4 is 15.1 Å². The van der Waals surface area contributed by atoms with Gasteiger partial charge in [-0.05, 0) is 70.4 Å². The number of unbranched alkanes of at least 4 members (excludes halogenated alkanes) is 2. The third-order valence-corrected chi connectivity index (χ3v) is 6.71. The largest absolute Gasteiger partial charge is 0.573 e. The summed E-state index contributed by atoms with van der Waals surface area (Å²) in [5.41, 5.74) is -4.30. The zero-order chi connectivity index (χ0) is 32.2. The maximum atomic E-state index is 13.9. The molecule has 1 atom stereocenters. The zero-order valence-electron chi connectivity index (χ0n) is 24.5. The Balaban J connectivity index is 1.89. The van der Waals surface area contributed by atoms with E-state index in [0.29, 0.717) is 12.0 Å². The van der Waals surface area contributed by atoms with Gasteiger partial charge >= 0.3 is 24.1 Å². The van der Waals surface area contributed by atoms with Gasteiger partial charge < -0.3 is 18.6 Å². The van der Waals surface area contributed by atoms with Crippen LogP contribution in [0, 0.1) is 10.8 Å². The molecule has 43 heavy (non-hydrogen) atoms. The molecule has 236 valence electrons. The van der Waals surface area contributed by atoms with Crippen molar-refractivity contribution in [3.05, 3.63) is 58.4 Å². The van der Waals surface area contributed by atoms with Crippen LogP contribution in [-0.4, -0.2) is 31.7 Å². The molecule has 3 rings (SSSR count). The van der Waals surface area contributed by atoms with Crippen LogP contribution in [0.25, 0.3) is 22.1 Å². The minimum atomic E-state index is -5.00. The van der Waals surface area contributed by atoms with E-state index in [1.54, 1.807) is 6.07 Å². The van der Waals surface area contributed by atoms with E-state index in [0.717, 1.165) is 26.2 Å². The smallest absolute Gasteiger partial charge is 0.492 e. The molecule has 0 aliphatic heterocycles. The molecule has 0 aliphatic rings. The Morgan fingerprint density at radius 3 is 2.16 bits per heavy atom. The molecule has 0 saturated heterocycles. The van der Waals surface area contributed by atoms with Gasteiger partial charge in [0.15, 0.2) is 0 Å². The summed E-state index contributed by atoms with van der Waals surface area (Å²) in [5, 5.41) is 0.282. The molecule has 1 heterocycles. The van der Waals surface area contributed by atoms with E-state index < -0.39 is 53.9 Å². The number of aryl methyl sites for hydroxylation is 1. The van der Waals surface area contributed by atoms with E-state index in [9.17, 15) is 35.9 Å². The Kier molecular flexibility index (Phi) is 10.1. The van der Waals surface area contributed by atoms with Crippen LogP contribution in [-0.2, 0) is 16.0 Å². The van der Waals surface area contributed by atoms with Gasteiger partial charge in [-0.1, -0.05) is 31.9 Å². The van der Waals surface area contributed by atoms with Crippen LogP contribution >= 0.6 is 0 Å². The molecule has 0 bridgehead atoms. The Morgan fingerprint density at radius 2 is 1.56 bits per heavy atom. The van der Waals surface area contributed by atoms with Crippen LogP contribution in [0.5, 0.6) is 11.5 Å². The standard InChI is InChI=1S/C31H34F6O6/c1-6-7-8-9-19-10-13-22(25(14-19)43-31(35,36)37)23-15-20-11-12-21(16-24(20)42-26(23)38)40-17-29(5,30(32,33)34)18-41-27(39)28(2,3)4/h10-16H,6-9,17-18H2,1-5H3. The van der Waals surface area contributed by atoms with Gasteiger partial charge in [0.25, 0.3) is 0 Å². The number of hydrogen-bond acceptors (Lipinski definition) is 6. The number of carbonyl (C=O) groups excluding carboxylic acids is 1. The van der Waals surface area contributed by atoms with Gasteiger partial charge in [-0.15, -0.1) is 13.2 Å².